The molecule has 1 aromatic carbocycles. The van der Waals surface area contributed by atoms with Gasteiger partial charge in [-0.05, 0) is 62.7 Å². The summed E-state index contributed by atoms with van der Waals surface area (Å²) in [5, 5.41) is 7.55. The highest BCUT2D eigenvalue weighted by Crippen LogP contribution is 2.37. The van der Waals surface area contributed by atoms with E-state index in [-0.39, 0.29) is 29.5 Å². The lowest BCUT2D eigenvalue weighted by atomic mass is 9.79. The van der Waals surface area contributed by atoms with E-state index in [4.69, 9.17) is 4.98 Å². The van der Waals surface area contributed by atoms with Crippen molar-refractivity contribution < 1.29 is 22.7 Å². The van der Waals surface area contributed by atoms with Crippen LogP contribution < -0.4 is 10.1 Å². The van der Waals surface area contributed by atoms with Crippen LogP contribution in [0.2, 0.25) is 0 Å². The van der Waals surface area contributed by atoms with E-state index < -0.39 is 6.36 Å². The smallest absolute Gasteiger partial charge is 0.406 e. The fourth-order valence-electron chi connectivity index (χ4n) is 5.51. The summed E-state index contributed by atoms with van der Waals surface area (Å²) in [7, 11) is 3.81. The number of hydrogen-bond donors (Lipinski definition) is 1. The number of amides is 1. The Morgan fingerprint density at radius 2 is 2.05 bits per heavy atom. The number of nitrogens with one attached hydrogen (secondary N) is 1. The molecular weight excluding hydrogens is 511 g/mol. The molecule has 208 valence electrons. The molecule has 39 heavy (non-hydrogen) atoms. The molecule has 2 aliphatic rings. The summed E-state index contributed by atoms with van der Waals surface area (Å²) in [6.07, 6.45) is 0.146. The second-order valence-corrected chi connectivity index (χ2v) is 10.4. The minimum absolute atomic E-state index is 0.00463. The van der Waals surface area contributed by atoms with Crippen LogP contribution in [0.25, 0.3) is 0 Å². The summed E-state index contributed by atoms with van der Waals surface area (Å²) in [6.45, 7) is 4.14. The van der Waals surface area contributed by atoms with Gasteiger partial charge in [-0.15, -0.1) is 13.2 Å². The number of carbonyl (C=O) groups is 1. The Hall–Kier alpha value is -3.67. The third-order valence-corrected chi connectivity index (χ3v) is 7.45. The number of ether oxygens (including phenoxy) is 1. The highest BCUT2D eigenvalue weighted by molar-refractivity contribution is 5.81. The number of alkyl halides is 3. The fraction of sp³-hybridized carbons (Fsp3) is 0.481. The topological polar surface area (TPSA) is 88.4 Å². The number of hydrogen-bond acceptors (Lipinski definition) is 7. The van der Waals surface area contributed by atoms with Crippen molar-refractivity contribution in [3.8, 4) is 5.75 Å². The standard InChI is InChI=1S/C27H32F3N7O2/c1-17-11-19-13-31-26(32-14-20-7-10-36(3)34-20)33-24(19)16-37(17)25(38)22-8-9-35(2)15-23(22)18-5-4-6-21(12-18)39-27(28,29)30/h4-7,10,12-13,17,22-23H,8-9,11,14-16H2,1-3H3,(H,31,32,33)/t17-,22-,23+/m1/s1. The number of piperidine rings is 1. The number of aryl methyl sites for hydroxylation is 1. The Bertz CT molecular complexity index is 1330. The van der Waals surface area contributed by atoms with E-state index in [9.17, 15) is 18.0 Å². The fourth-order valence-corrected chi connectivity index (χ4v) is 5.51. The van der Waals surface area contributed by atoms with Gasteiger partial charge in [0.15, 0.2) is 0 Å². The first-order valence-corrected chi connectivity index (χ1v) is 13.0. The van der Waals surface area contributed by atoms with Gasteiger partial charge in [0.1, 0.15) is 5.75 Å². The van der Waals surface area contributed by atoms with Crippen LogP contribution in [0.5, 0.6) is 5.75 Å². The molecule has 0 saturated carbocycles. The van der Waals surface area contributed by atoms with Crippen LogP contribution in [0.3, 0.4) is 0 Å². The van der Waals surface area contributed by atoms with E-state index in [1.807, 2.05) is 44.4 Å². The van der Waals surface area contributed by atoms with Crippen molar-refractivity contribution in [3.63, 3.8) is 0 Å². The molecule has 1 saturated heterocycles. The zero-order chi connectivity index (χ0) is 27.7. The maximum Gasteiger partial charge on any atom is 0.573 e. The Kier molecular flexibility index (Phi) is 7.48. The summed E-state index contributed by atoms with van der Waals surface area (Å²) < 4.78 is 44.4. The number of carbonyl (C=O) groups excluding carboxylic acids is 1. The van der Waals surface area contributed by atoms with Gasteiger partial charge in [-0.25, -0.2) is 9.97 Å². The molecule has 1 fully saturated rings. The average molecular weight is 544 g/mol. The number of halogens is 3. The van der Waals surface area contributed by atoms with E-state index >= 15 is 0 Å². The molecule has 1 amide bonds. The Morgan fingerprint density at radius 1 is 1.23 bits per heavy atom. The molecule has 2 aromatic heterocycles. The highest BCUT2D eigenvalue weighted by Gasteiger charge is 2.40. The quantitative estimate of drug-likeness (QED) is 0.507. The van der Waals surface area contributed by atoms with Crippen LogP contribution >= 0.6 is 0 Å². The molecule has 0 bridgehead atoms. The number of likely N-dealkylation sites (tertiary alicyclic amines) is 1. The van der Waals surface area contributed by atoms with E-state index in [0.717, 1.165) is 23.5 Å². The van der Waals surface area contributed by atoms with Crippen LogP contribution in [-0.2, 0) is 31.4 Å². The summed E-state index contributed by atoms with van der Waals surface area (Å²) in [5.41, 5.74) is 3.33. The number of likely N-dealkylation sites (N-methyl/N-ethyl adjacent to an activating group) is 1. The van der Waals surface area contributed by atoms with Crippen molar-refractivity contribution in [2.75, 3.05) is 25.5 Å². The van der Waals surface area contributed by atoms with E-state index in [0.29, 0.717) is 44.0 Å². The summed E-state index contributed by atoms with van der Waals surface area (Å²) >= 11 is 0. The van der Waals surface area contributed by atoms with Gasteiger partial charge in [-0.2, -0.15) is 5.10 Å². The van der Waals surface area contributed by atoms with Crippen LogP contribution in [-0.4, -0.2) is 68.0 Å². The first-order valence-electron chi connectivity index (χ1n) is 13.0. The van der Waals surface area contributed by atoms with Gasteiger partial charge >= 0.3 is 6.36 Å². The van der Waals surface area contributed by atoms with Gasteiger partial charge in [0.05, 0.1) is 24.5 Å². The number of nitrogens with zero attached hydrogens (tertiary/aromatic N) is 6. The molecule has 0 spiro atoms. The number of fused-ring (bicyclic) bond motifs is 1. The summed E-state index contributed by atoms with van der Waals surface area (Å²) in [5.74, 6) is -0.435. The van der Waals surface area contributed by atoms with Gasteiger partial charge in [-0.1, -0.05) is 12.1 Å². The van der Waals surface area contributed by atoms with Crippen LogP contribution in [0.1, 0.15) is 41.8 Å². The number of aromatic nitrogens is 4. The molecule has 3 aromatic rings. The molecule has 1 N–H and O–H groups in total. The predicted octanol–water partition coefficient (Wildman–Crippen LogP) is 3.73. The summed E-state index contributed by atoms with van der Waals surface area (Å²) in [6, 6.07) is 7.86. The van der Waals surface area contributed by atoms with Crippen molar-refractivity contribution in [1.29, 1.82) is 0 Å². The van der Waals surface area contributed by atoms with Crippen LogP contribution in [0.15, 0.2) is 42.7 Å². The maximum atomic E-state index is 14.0. The monoisotopic (exact) mass is 543 g/mol. The molecule has 0 aliphatic carbocycles. The SMILES string of the molecule is C[C@@H]1Cc2cnc(NCc3ccn(C)n3)nc2CN1C(=O)[C@@H]1CCN(C)C[C@H]1c1cccc(OC(F)(F)F)c1. The molecule has 4 heterocycles. The van der Waals surface area contributed by atoms with Crippen molar-refractivity contribution in [3.05, 3.63) is 65.2 Å². The molecule has 12 heteroatoms. The molecule has 3 atom stereocenters. The lowest BCUT2D eigenvalue weighted by Gasteiger charge is -2.42. The van der Waals surface area contributed by atoms with Crippen LogP contribution in [0, 0.1) is 5.92 Å². The lowest BCUT2D eigenvalue weighted by Crippen LogP contribution is -2.50. The second-order valence-electron chi connectivity index (χ2n) is 10.4. The molecule has 9 nitrogen and oxygen atoms in total. The molecular formula is C27H32F3N7O2. The third-order valence-electron chi connectivity index (χ3n) is 7.45. The van der Waals surface area contributed by atoms with Gasteiger partial charge in [0.2, 0.25) is 11.9 Å². The van der Waals surface area contributed by atoms with E-state index in [1.165, 1.54) is 12.1 Å². The maximum absolute atomic E-state index is 14.0. The first-order chi connectivity index (χ1) is 18.6. The van der Waals surface area contributed by atoms with Crippen molar-refractivity contribution in [2.24, 2.45) is 13.0 Å². The van der Waals surface area contributed by atoms with Crippen LogP contribution in [0.4, 0.5) is 19.1 Å². The average Bonchev–Trinajstić information content (AvgIpc) is 3.31. The van der Waals surface area contributed by atoms with E-state index in [2.05, 4.69) is 25.0 Å². The third kappa shape index (κ3) is 6.32. The zero-order valence-electron chi connectivity index (χ0n) is 22.1. The van der Waals surface area contributed by atoms with Gasteiger partial charge < -0.3 is 19.9 Å². The zero-order valence-corrected chi connectivity index (χ0v) is 22.1. The summed E-state index contributed by atoms with van der Waals surface area (Å²) in [4.78, 5) is 27.1. The number of rotatable bonds is 6. The Labute approximate surface area is 225 Å². The minimum atomic E-state index is -4.78. The largest absolute Gasteiger partial charge is 0.573 e. The predicted molar refractivity (Wildman–Crippen MR) is 138 cm³/mol. The molecule has 5 rings (SSSR count). The molecule has 0 unspecified atom stereocenters. The van der Waals surface area contributed by atoms with Gasteiger partial charge in [-0.3, -0.25) is 9.48 Å². The highest BCUT2D eigenvalue weighted by atomic mass is 19.4. The minimum Gasteiger partial charge on any atom is -0.406 e. The van der Waals surface area contributed by atoms with Crippen molar-refractivity contribution in [2.45, 2.75) is 51.2 Å². The van der Waals surface area contributed by atoms with Gasteiger partial charge in [0.25, 0.3) is 0 Å². The van der Waals surface area contributed by atoms with Crippen molar-refractivity contribution in [1.82, 2.24) is 29.5 Å². The molecule has 0 radical (unpaired) electrons. The Morgan fingerprint density at radius 3 is 2.79 bits per heavy atom. The van der Waals surface area contributed by atoms with Gasteiger partial charge in [0, 0.05) is 43.9 Å². The second kappa shape index (κ2) is 10.8. The van der Waals surface area contributed by atoms with E-state index in [1.54, 1.807) is 16.8 Å². The first kappa shape index (κ1) is 26.9. The lowest BCUT2D eigenvalue weighted by molar-refractivity contribution is -0.274. The normalized spacial score (nSPS) is 21.9. The Balaban J connectivity index is 1.34. The van der Waals surface area contributed by atoms with Crippen molar-refractivity contribution >= 4 is 11.9 Å². The number of anilines is 1. The molecule has 2 aliphatic heterocycles. The number of benzene rings is 1.